The standard InChI is InChI=1S/C10H15NO5/c1-7-3-16-10(4-14-5-12)8(7)2-11-9(10)15-6-13/h5-9,11H,2-4H2,1H3/t7-,8-,9+,10-/m0/s1. The van der Waals surface area contributed by atoms with E-state index in [9.17, 15) is 9.59 Å². The first-order chi connectivity index (χ1) is 7.74. The predicted molar refractivity (Wildman–Crippen MR) is 52.3 cm³/mol. The Morgan fingerprint density at radius 1 is 1.50 bits per heavy atom. The van der Waals surface area contributed by atoms with Gasteiger partial charge in [0.25, 0.3) is 12.9 Å². The molecule has 90 valence electrons. The number of fused-ring (bicyclic) bond motifs is 1. The third kappa shape index (κ3) is 1.58. The van der Waals surface area contributed by atoms with Crippen LogP contribution in [-0.2, 0) is 23.8 Å². The van der Waals surface area contributed by atoms with E-state index in [0.29, 0.717) is 32.0 Å². The number of carbonyl (C=O) groups excluding carboxylic acids is 2. The zero-order valence-electron chi connectivity index (χ0n) is 9.05. The molecule has 0 bridgehead atoms. The summed E-state index contributed by atoms with van der Waals surface area (Å²) in [6, 6.07) is 0. The fourth-order valence-corrected chi connectivity index (χ4v) is 2.65. The molecule has 0 aliphatic carbocycles. The first kappa shape index (κ1) is 11.3. The van der Waals surface area contributed by atoms with Gasteiger partial charge >= 0.3 is 0 Å². The number of nitrogens with one attached hydrogen (secondary N) is 1. The summed E-state index contributed by atoms with van der Waals surface area (Å²) in [5.41, 5.74) is -0.721. The number of hydrogen-bond acceptors (Lipinski definition) is 6. The molecule has 4 atom stereocenters. The van der Waals surface area contributed by atoms with Gasteiger partial charge in [0.05, 0.1) is 6.61 Å². The summed E-state index contributed by atoms with van der Waals surface area (Å²) < 4.78 is 15.5. The summed E-state index contributed by atoms with van der Waals surface area (Å²) in [6.45, 7) is 4.23. The number of carbonyl (C=O) groups is 2. The molecule has 0 spiro atoms. The minimum atomic E-state index is -0.721. The van der Waals surface area contributed by atoms with Crippen LogP contribution in [0.4, 0.5) is 0 Å². The van der Waals surface area contributed by atoms with Gasteiger partial charge < -0.3 is 14.2 Å². The highest BCUT2D eigenvalue weighted by Crippen LogP contribution is 2.42. The van der Waals surface area contributed by atoms with Crippen LogP contribution >= 0.6 is 0 Å². The van der Waals surface area contributed by atoms with E-state index in [2.05, 4.69) is 12.2 Å². The lowest BCUT2D eigenvalue weighted by Crippen LogP contribution is -2.50. The Hall–Kier alpha value is -1.14. The molecule has 1 N–H and O–H groups in total. The maximum absolute atomic E-state index is 10.4. The number of ether oxygens (including phenoxy) is 3. The van der Waals surface area contributed by atoms with Gasteiger partial charge in [0.1, 0.15) is 6.61 Å². The predicted octanol–water partition coefficient (Wildman–Crippen LogP) is -0.717. The first-order valence-corrected chi connectivity index (χ1v) is 5.26. The van der Waals surface area contributed by atoms with Crippen LogP contribution in [0.25, 0.3) is 0 Å². The molecule has 6 heteroatoms. The van der Waals surface area contributed by atoms with Crippen molar-refractivity contribution in [2.24, 2.45) is 11.8 Å². The van der Waals surface area contributed by atoms with Crippen LogP contribution < -0.4 is 5.32 Å². The van der Waals surface area contributed by atoms with Gasteiger partial charge in [-0.05, 0) is 5.92 Å². The second-order valence-corrected chi connectivity index (χ2v) is 4.28. The van der Waals surface area contributed by atoms with Crippen LogP contribution in [0.1, 0.15) is 6.92 Å². The topological polar surface area (TPSA) is 73.9 Å². The van der Waals surface area contributed by atoms with E-state index in [1.54, 1.807) is 0 Å². The van der Waals surface area contributed by atoms with Gasteiger partial charge in [0.15, 0.2) is 11.8 Å². The largest absolute Gasteiger partial charge is 0.465 e. The maximum atomic E-state index is 10.4. The molecule has 0 aromatic rings. The fraction of sp³-hybridized carbons (Fsp3) is 0.800. The van der Waals surface area contributed by atoms with Gasteiger partial charge in [-0.2, -0.15) is 0 Å². The van der Waals surface area contributed by atoms with Gasteiger partial charge in [0.2, 0.25) is 0 Å². The Bertz CT molecular complexity index is 284. The fourth-order valence-electron chi connectivity index (χ4n) is 2.65. The van der Waals surface area contributed by atoms with Crippen molar-refractivity contribution in [1.82, 2.24) is 5.32 Å². The molecule has 2 aliphatic heterocycles. The Kier molecular flexibility index (Phi) is 3.11. The van der Waals surface area contributed by atoms with Gasteiger partial charge in [-0.15, -0.1) is 0 Å². The zero-order valence-corrected chi connectivity index (χ0v) is 9.05. The SMILES string of the molecule is C[C@H]1CO[C@]2(COC=O)[C@@H](OC=O)NC[C@@H]12. The molecular weight excluding hydrogens is 214 g/mol. The van der Waals surface area contributed by atoms with Crippen molar-refractivity contribution in [3.63, 3.8) is 0 Å². The molecule has 0 aromatic heterocycles. The molecule has 0 unspecified atom stereocenters. The van der Waals surface area contributed by atoms with Crippen LogP contribution in [-0.4, -0.2) is 44.5 Å². The molecule has 0 saturated carbocycles. The van der Waals surface area contributed by atoms with Crippen molar-refractivity contribution in [3.05, 3.63) is 0 Å². The van der Waals surface area contributed by atoms with Crippen molar-refractivity contribution >= 4 is 12.9 Å². The Morgan fingerprint density at radius 3 is 3.00 bits per heavy atom. The number of rotatable bonds is 5. The quantitative estimate of drug-likeness (QED) is 0.627. The Labute approximate surface area is 93.2 Å². The van der Waals surface area contributed by atoms with E-state index < -0.39 is 11.8 Å². The molecule has 2 heterocycles. The average Bonchev–Trinajstić information content (AvgIpc) is 2.78. The summed E-state index contributed by atoms with van der Waals surface area (Å²) in [4.78, 5) is 20.7. The molecule has 0 radical (unpaired) electrons. The Morgan fingerprint density at radius 2 is 2.31 bits per heavy atom. The Balaban J connectivity index is 2.17. The average molecular weight is 229 g/mol. The van der Waals surface area contributed by atoms with Crippen molar-refractivity contribution < 1.29 is 23.8 Å². The highest BCUT2D eigenvalue weighted by molar-refractivity contribution is 5.39. The molecular formula is C10H15NO5. The van der Waals surface area contributed by atoms with E-state index in [1.165, 1.54) is 0 Å². The summed E-state index contributed by atoms with van der Waals surface area (Å²) in [5.74, 6) is 0.542. The smallest absolute Gasteiger partial charge is 0.294 e. The van der Waals surface area contributed by atoms with E-state index >= 15 is 0 Å². The third-order valence-corrected chi connectivity index (χ3v) is 3.47. The van der Waals surface area contributed by atoms with E-state index in [-0.39, 0.29) is 12.5 Å². The van der Waals surface area contributed by atoms with Crippen molar-refractivity contribution in [2.75, 3.05) is 19.8 Å². The maximum Gasteiger partial charge on any atom is 0.294 e. The van der Waals surface area contributed by atoms with Crippen LogP contribution in [0.5, 0.6) is 0 Å². The molecule has 6 nitrogen and oxygen atoms in total. The number of hydrogen-bond donors (Lipinski definition) is 1. The van der Waals surface area contributed by atoms with Crippen LogP contribution in [0.15, 0.2) is 0 Å². The lowest BCUT2D eigenvalue weighted by molar-refractivity contribution is -0.167. The second-order valence-electron chi connectivity index (χ2n) is 4.28. The van der Waals surface area contributed by atoms with E-state index in [0.717, 1.165) is 0 Å². The lowest BCUT2D eigenvalue weighted by Gasteiger charge is -2.31. The van der Waals surface area contributed by atoms with Crippen LogP contribution in [0.3, 0.4) is 0 Å². The first-order valence-electron chi connectivity index (χ1n) is 5.26. The summed E-state index contributed by atoms with van der Waals surface area (Å²) >= 11 is 0. The van der Waals surface area contributed by atoms with Gasteiger partial charge in [-0.3, -0.25) is 14.9 Å². The molecule has 2 saturated heterocycles. The molecule has 2 aliphatic rings. The second kappa shape index (κ2) is 4.39. The van der Waals surface area contributed by atoms with Crippen molar-refractivity contribution in [2.45, 2.75) is 18.8 Å². The van der Waals surface area contributed by atoms with Gasteiger partial charge in [0, 0.05) is 12.5 Å². The molecule has 2 fully saturated rings. The molecule has 0 amide bonds. The summed E-state index contributed by atoms with van der Waals surface area (Å²) in [5, 5.41) is 3.07. The van der Waals surface area contributed by atoms with Crippen molar-refractivity contribution in [1.29, 1.82) is 0 Å². The van der Waals surface area contributed by atoms with Gasteiger partial charge in [-0.1, -0.05) is 6.92 Å². The van der Waals surface area contributed by atoms with E-state index in [1.807, 2.05) is 0 Å². The van der Waals surface area contributed by atoms with Crippen LogP contribution in [0.2, 0.25) is 0 Å². The summed E-state index contributed by atoms with van der Waals surface area (Å²) in [7, 11) is 0. The lowest BCUT2D eigenvalue weighted by atomic mass is 9.84. The minimum absolute atomic E-state index is 0.108. The van der Waals surface area contributed by atoms with E-state index in [4.69, 9.17) is 14.2 Å². The highest BCUT2D eigenvalue weighted by atomic mass is 16.6. The summed E-state index contributed by atoms with van der Waals surface area (Å²) in [6.07, 6.45) is -0.542. The van der Waals surface area contributed by atoms with Crippen molar-refractivity contribution in [3.8, 4) is 0 Å². The van der Waals surface area contributed by atoms with Crippen LogP contribution in [0, 0.1) is 11.8 Å². The monoisotopic (exact) mass is 229 g/mol. The highest BCUT2D eigenvalue weighted by Gasteiger charge is 2.59. The minimum Gasteiger partial charge on any atom is -0.465 e. The molecule has 16 heavy (non-hydrogen) atoms. The normalized spacial score (nSPS) is 41.4. The molecule has 2 rings (SSSR count). The molecule has 0 aromatic carbocycles. The zero-order chi connectivity index (χ0) is 11.6. The third-order valence-electron chi connectivity index (χ3n) is 3.47. The van der Waals surface area contributed by atoms with Gasteiger partial charge in [-0.25, -0.2) is 0 Å².